The summed E-state index contributed by atoms with van der Waals surface area (Å²) in [5.41, 5.74) is 5.11. The fourth-order valence-corrected chi connectivity index (χ4v) is 5.02. The summed E-state index contributed by atoms with van der Waals surface area (Å²) >= 11 is 0. The van der Waals surface area contributed by atoms with E-state index in [9.17, 15) is 9.65 Å². The number of nitriles is 1. The van der Waals surface area contributed by atoms with Gasteiger partial charge in [-0.3, -0.25) is 0 Å². The predicted octanol–water partition coefficient (Wildman–Crippen LogP) is 5.36. The van der Waals surface area contributed by atoms with Crippen LogP contribution in [0, 0.1) is 17.1 Å². The summed E-state index contributed by atoms with van der Waals surface area (Å²) in [6, 6.07) is 22.7. The molecule has 0 aliphatic carbocycles. The Kier molecular flexibility index (Phi) is 5.80. The number of nitrogens with zero attached hydrogens (tertiary/aromatic N) is 4. The minimum Gasteiger partial charge on any atom is -0.365 e. The second kappa shape index (κ2) is 8.92. The van der Waals surface area contributed by atoms with Gasteiger partial charge in [0.25, 0.3) is 0 Å². The summed E-state index contributed by atoms with van der Waals surface area (Å²) in [6.07, 6.45) is 1.60. The molecule has 0 bridgehead atoms. The molecule has 0 saturated heterocycles. The number of hydrogen-bond acceptors (Lipinski definition) is 5. The Labute approximate surface area is 199 Å². The molecule has 0 N–H and O–H groups in total. The Hall–Kier alpha value is -3.69. The van der Waals surface area contributed by atoms with Crippen LogP contribution >= 0.6 is 0 Å². The number of para-hydroxylation sites is 2. The second-order valence-electron chi connectivity index (χ2n) is 9.00. The number of anilines is 1. The van der Waals surface area contributed by atoms with Gasteiger partial charge in [-0.1, -0.05) is 30.3 Å². The average molecular weight is 455 g/mol. The van der Waals surface area contributed by atoms with E-state index in [1.807, 2.05) is 48.5 Å². The van der Waals surface area contributed by atoms with Gasteiger partial charge in [-0.2, -0.15) is 5.26 Å². The number of halogens is 1. The van der Waals surface area contributed by atoms with E-state index in [1.165, 1.54) is 12.1 Å². The van der Waals surface area contributed by atoms with Crippen molar-refractivity contribution in [2.45, 2.75) is 25.0 Å². The molecule has 0 spiro atoms. The molecule has 2 aliphatic rings. The minimum atomic E-state index is -0.657. The molecule has 172 valence electrons. The van der Waals surface area contributed by atoms with Crippen molar-refractivity contribution >= 4 is 17.2 Å². The van der Waals surface area contributed by atoms with Crippen LogP contribution in [0.3, 0.4) is 0 Å². The number of benzene rings is 3. The standard InChI is InChI=1S/C28H27FN4O/c1-32(27-18-33(2)26-7-4-3-6-25(26)31-27)15-5-14-28(22-9-11-23(29)12-10-22)24-13-8-20(17-30)16-21(24)19-34-28/h3-4,6-13,16H,5,14-15,18-19H2,1-2H3. The number of likely N-dealkylation sites (N-methyl/N-ethyl adjacent to an activating group) is 2. The van der Waals surface area contributed by atoms with Crippen molar-refractivity contribution in [3.63, 3.8) is 0 Å². The van der Waals surface area contributed by atoms with E-state index in [2.05, 4.69) is 36.0 Å². The van der Waals surface area contributed by atoms with Gasteiger partial charge in [0.1, 0.15) is 17.3 Å². The summed E-state index contributed by atoms with van der Waals surface area (Å²) in [4.78, 5) is 9.31. The third kappa shape index (κ3) is 3.93. The van der Waals surface area contributed by atoms with Gasteiger partial charge in [0.15, 0.2) is 0 Å². The molecule has 3 aromatic carbocycles. The molecule has 2 heterocycles. The van der Waals surface area contributed by atoms with Gasteiger partial charge in [-0.25, -0.2) is 9.38 Å². The lowest BCUT2D eigenvalue weighted by Gasteiger charge is -2.33. The lowest BCUT2D eigenvalue weighted by atomic mass is 9.81. The smallest absolute Gasteiger partial charge is 0.124 e. The van der Waals surface area contributed by atoms with Crippen molar-refractivity contribution in [2.75, 3.05) is 32.1 Å². The minimum absolute atomic E-state index is 0.267. The van der Waals surface area contributed by atoms with E-state index in [-0.39, 0.29) is 5.82 Å². The quantitative estimate of drug-likeness (QED) is 0.521. The molecule has 5 rings (SSSR count). The molecule has 5 nitrogen and oxygen atoms in total. The summed E-state index contributed by atoms with van der Waals surface area (Å²) in [7, 11) is 4.16. The van der Waals surface area contributed by atoms with Crippen molar-refractivity contribution in [3.8, 4) is 6.07 Å². The normalized spacial score (nSPS) is 18.6. The molecule has 0 saturated carbocycles. The van der Waals surface area contributed by atoms with Gasteiger partial charge >= 0.3 is 0 Å². The van der Waals surface area contributed by atoms with Gasteiger partial charge < -0.3 is 14.5 Å². The molecule has 1 unspecified atom stereocenters. The molecule has 0 amide bonds. The zero-order chi connectivity index (χ0) is 23.7. The maximum Gasteiger partial charge on any atom is 0.124 e. The highest BCUT2D eigenvalue weighted by Crippen LogP contribution is 2.45. The van der Waals surface area contributed by atoms with Crippen LogP contribution in [0.15, 0.2) is 71.7 Å². The van der Waals surface area contributed by atoms with Crippen LogP contribution < -0.4 is 4.90 Å². The molecule has 34 heavy (non-hydrogen) atoms. The van der Waals surface area contributed by atoms with Crippen LogP contribution in [0.2, 0.25) is 0 Å². The monoisotopic (exact) mass is 454 g/mol. The molecule has 1 atom stereocenters. The molecule has 0 radical (unpaired) electrons. The average Bonchev–Trinajstić information content (AvgIpc) is 3.23. The number of rotatable bonds is 5. The van der Waals surface area contributed by atoms with Crippen molar-refractivity contribution in [2.24, 2.45) is 4.99 Å². The van der Waals surface area contributed by atoms with E-state index in [0.29, 0.717) is 12.2 Å². The van der Waals surface area contributed by atoms with Crippen molar-refractivity contribution < 1.29 is 9.13 Å². The Morgan fingerprint density at radius 1 is 1.15 bits per heavy atom. The first kappa shape index (κ1) is 22.1. The van der Waals surface area contributed by atoms with E-state index < -0.39 is 5.60 Å². The van der Waals surface area contributed by atoms with E-state index in [0.717, 1.165) is 59.8 Å². The fraction of sp³-hybridized carbons (Fsp3) is 0.286. The van der Waals surface area contributed by atoms with Crippen LogP contribution in [0.25, 0.3) is 0 Å². The topological polar surface area (TPSA) is 51.9 Å². The number of hydrogen-bond donors (Lipinski definition) is 0. The summed E-state index contributed by atoms with van der Waals surface area (Å²) in [5, 5.41) is 9.30. The SMILES string of the molecule is CN(CCCC1(c2ccc(F)cc2)OCc2cc(C#N)ccc21)C1=Nc2ccccc2N(C)C1. The molecule has 6 heteroatoms. The van der Waals surface area contributed by atoms with Gasteiger partial charge in [-0.05, 0) is 65.9 Å². The van der Waals surface area contributed by atoms with Gasteiger partial charge in [0.2, 0.25) is 0 Å². The molecule has 0 aromatic heterocycles. The Morgan fingerprint density at radius 3 is 2.74 bits per heavy atom. The fourth-order valence-electron chi connectivity index (χ4n) is 5.02. The zero-order valence-corrected chi connectivity index (χ0v) is 19.5. The molecule has 0 fully saturated rings. The largest absolute Gasteiger partial charge is 0.365 e. The summed E-state index contributed by atoms with van der Waals surface area (Å²) in [5.74, 6) is 0.764. The molecule has 2 aliphatic heterocycles. The highest BCUT2D eigenvalue weighted by molar-refractivity contribution is 5.94. The van der Waals surface area contributed by atoms with Crippen molar-refractivity contribution in [3.05, 3.63) is 94.8 Å². The number of aliphatic imine (C=N–C) groups is 1. The number of ether oxygens (including phenoxy) is 1. The van der Waals surface area contributed by atoms with Crippen molar-refractivity contribution in [1.82, 2.24) is 4.90 Å². The first-order valence-electron chi connectivity index (χ1n) is 11.5. The van der Waals surface area contributed by atoms with E-state index in [4.69, 9.17) is 9.73 Å². The van der Waals surface area contributed by atoms with Crippen LogP contribution in [-0.4, -0.2) is 37.9 Å². The van der Waals surface area contributed by atoms with Crippen molar-refractivity contribution in [1.29, 1.82) is 5.26 Å². The maximum atomic E-state index is 13.7. The van der Waals surface area contributed by atoms with Gasteiger partial charge in [-0.15, -0.1) is 0 Å². The van der Waals surface area contributed by atoms with E-state index in [1.54, 1.807) is 0 Å². The highest BCUT2D eigenvalue weighted by atomic mass is 19.1. The number of fused-ring (bicyclic) bond motifs is 2. The zero-order valence-electron chi connectivity index (χ0n) is 19.5. The van der Waals surface area contributed by atoms with Crippen LogP contribution in [0.1, 0.15) is 35.1 Å². The highest BCUT2D eigenvalue weighted by Gasteiger charge is 2.41. The summed E-state index contributed by atoms with van der Waals surface area (Å²) in [6.45, 7) is 2.01. The van der Waals surface area contributed by atoms with Crippen LogP contribution in [-0.2, 0) is 16.9 Å². The molecular formula is C28H27FN4O. The lowest BCUT2D eigenvalue weighted by molar-refractivity contribution is -0.0136. The summed E-state index contributed by atoms with van der Waals surface area (Å²) < 4.78 is 20.1. The van der Waals surface area contributed by atoms with Crippen LogP contribution in [0.4, 0.5) is 15.8 Å². The third-order valence-electron chi connectivity index (χ3n) is 6.84. The lowest BCUT2D eigenvalue weighted by Crippen LogP contribution is -2.39. The van der Waals surface area contributed by atoms with Gasteiger partial charge in [0, 0.05) is 20.6 Å². The maximum absolute atomic E-state index is 13.7. The Morgan fingerprint density at radius 2 is 1.94 bits per heavy atom. The first-order valence-corrected chi connectivity index (χ1v) is 11.5. The predicted molar refractivity (Wildman–Crippen MR) is 132 cm³/mol. The second-order valence-corrected chi connectivity index (χ2v) is 9.00. The molecular weight excluding hydrogens is 427 g/mol. The Bertz CT molecular complexity index is 1280. The molecule has 3 aromatic rings. The third-order valence-corrected chi connectivity index (χ3v) is 6.84. The first-order chi connectivity index (χ1) is 16.5. The van der Waals surface area contributed by atoms with E-state index >= 15 is 0 Å². The number of amidine groups is 1. The Balaban J connectivity index is 1.38. The van der Waals surface area contributed by atoms with Gasteiger partial charge in [0.05, 0.1) is 36.2 Å². The van der Waals surface area contributed by atoms with Crippen LogP contribution in [0.5, 0.6) is 0 Å².